The summed E-state index contributed by atoms with van der Waals surface area (Å²) >= 11 is 3.15. The second-order valence-electron chi connectivity index (χ2n) is 4.61. The summed E-state index contributed by atoms with van der Waals surface area (Å²) in [6, 6.07) is 2.93. The van der Waals surface area contributed by atoms with Gasteiger partial charge >= 0.3 is 6.03 Å². The molecular formula is C13H14BrFN2O2. The lowest BCUT2D eigenvalue weighted by Crippen LogP contribution is -2.35. The van der Waals surface area contributed by atoms with Gasteiger partial charge in [-0.2, -0.15) is 0 Å². The van der Waals surface area contributed by atoms with Crippen LogP contribution in [0, 0.1) is 11.7 Å². The number of amides is 3. The van der Waals surface area contributed by atoms with Crippen LogP contribution in [0.25, 0.3) is 0 Å². The van der Waals surface area contributed by atoms with E-state index in [1.165, 1.54) is 12.1 Å². The first-order chi connectivity index (χ1) is 8.93. The van der Waals surface area contributed by atoms with Crippen LogP contribution in [0.15, 0.2) is 22.7 Å². The van der Waals surface area contributed by atoms with Gasteiger partial charge in [-0.25, -0.2) is 14.1 Å². The van der Waals surface area contributed by atoms with Crippen molar-refractivity contribution < 1.29 is 14.0 Å². The van der Waals surface area contributed by atoms with Crippen LogP contribution in [0.3, 0.4) is 0 Å². The van der Waals surface area contributed by atoms with Crippen LogP contribution in [-0.2, 0) is 4.79 Å². The van der Waals surface area contributed by atoms with Crippen molar-refractivity contribution in [2.24, 2.45) is 5.92 Å². The number of benzene rings is 1. The highest BCUT2D eigenvalue weighted by Gasteiger charge is 2.41. The van der Waals surface area contributed by atoms with Gasteiger partial charge in [-0.1, -0.05) is 36.2 Å². The number of carbonyl (C=O) groups excluding carboxylic acids is 2. The molecule has 0 saturated carbocycles. The van der Waals surface area contributed by atoms with E-state index in [9.17, 15) is 14.0 Å². The molecule has 0 aromatic heterocycles. The zero-order chi connectivity index (χ0) is 14.2. The standard InChI is InChI=1S/C13H14BrFN2O2/c1-3-7(2)11-12(18)17(13(19)16-11)10-5-8(14)4-9(15)6-10/h4-7,11H,3H2,1-2H3,(H,16,19). The highest BCUT2D eigenvalue weighted by Crippen LogP contribution is 2.27. The summed E-state index contributed by atoms with van der Waals surface area (Å²) in [6.45, 7) is 3.85. The lowest BCUT2D eigenvalue weighted by molar-refractivity contribution is -0.119. The van der Waals surface area contributed by atoms with E-state index in [-0.39, 0.29) is 17.5 Å². The van der Waals surface area contributed by atoms with Crippen LogP contribution in [-0.4, -0.2) is 18.0 Å². The number of imide groups is 1. The van der Waals surface area contributed by atoms with Gasteiger partial charge in [0.25, 0.3) is 5.91 Å². The van der Waals surface area contributed by atoms with Gasteiger partial charge in [0.05, 0.1) is 5.69 Å². The van der Waals surface area contributed by atoms with Gasteiger partial charge in [-0.05, 0) is 24.1 Å². The number of urea groups is 1. The van der Waals surface area contributed by atoms with Crippen LogP contribution in [0.1, 0.15) is 20.3 Å². The largest absolute Gasteiger partial charge is 0.329 e. The Morgan fingerprint density at radius 2 is 2.11 bits per heavy atom. The van der Waals surface area contributed by atoms with Gasteiger partial charge in [0.2, 0.25) is 0 Å². The lowest BCUT2D eigenvalue weighted by Gasteiger charge is -2.16. The molecule has 0 bridgehead atoms. The molecule has 1 N–H and O–H groups in total. The van der Waals surface area contributed by atoms with Gasteiger partial charge in [-0.3, -0.25) is 4.79 Å². The van der Waals surface area contributed by atoms with Crippen molar-refractivity contribution in [2.45, 2.75) is 26.3 Å². The summed E-state index contributed by atoms with van der Waals surface area (Å²) in [5.41, 5.74) is 0.236. The Labute approximate surface area is 119 Å². The maximum atomic E-state index is 13.4. The zero-order valence-corrected chi connectivity index (χ0v) is 12.2. The van der Waals surface area contributed by atoms with Crippen molar-refractivity contribution in [3.63, 3.8) is 0 Å². The van der Waals surface area contributed by atoms with Gasteiger partial charge in [0, 0.05) is 4.47 Å². The van der Waals surface area contributed by atoms with Crippen molar-refractivity contribution in [1.29, 1.82) is 0 Å². The van der Waals surface area contributed by atoms with Crippen LogP contribution < -0.4 is 10.2 Å². The number of hydrogen-bond acceptors (Lipinski definition) is 2. The molecule has 2 atom stereocenters. The lowest BCUT2D eigenvalue weighted by atomic mass is 9.99. The molecule has 19 heavy (non-hydrogen) atoms. The Balaban J connectivity index is 2.35. The summed E-state index contributed by atoms with van der Waals surface area (Å²) in [6.07, 6.45) is 0.775. The van der Waals surface area contributed by atoms with Gasteiger partial charge in [0.1, 0.15) is 11.9 Å². The van der Waals surface area contributed by atoms with Crippen molar-refractivity contribution in [3.8, 4) is 0 Å². The van der Waals surface area contributed by atoms with E-state index < -0.39 is 17.9 Å². The topological polar surface area (TPSA) is 49.4 Å². The van der Waals surface area contributed by atoms with Crippen molar-refractivity contribution >= 4 is 33.6 Å². The minimum atomic E-state index is -0.542. The van der Waals surface area contributed by atoms with Crippen LogP contribution >= 0.6 is 15.9 Å². The fraction of sp³-hybridized carbons (Fsp3) is 0.385. The number of nitrogens with one attached hydrogen (secondary N) is 1. The molecular weight excluding hydrogens is 315 g/mol. The summed E-state index contributed by atoms with van der Waals surface area (Å²) < 4.78 is 13.8. The molecule has 1 saturated heterocycles. The van der Waals surface area contributed by atoms with Gasteiger partial charge in [-0.15, -0.1) is 0 Å². The SMILES string of the molecule is CCC(C)C1NC(=O)N(c2cc(F)cc(Br)c2)C1=O. The second kappa shape index (κ2) is 5.28. The number of hydrogen-bond donors (Lipinski definition) is 1. The molecule has 2 rings (SSSR count). The van der Waals surface area contributed by atoms with Gasteiger partial charge < -0.3 is 5.32 Å². The smallest absolute Gasteiger partial charge is 0.325 e. The van der Waals surface area contributed by atoms with Crippen molar-refractivity contribution in [1.82, 2.24) is 5.32 Å². The maximum Gasteiger partial charge on any atom is 0.329 e. The normalized spacial score (nSPS) is 20.6. The fourth-order valence-electron chi connectivity index (χ4n) is 2.03. The summed E-state index contributed by atoms with van der Waals surface area (Å²) in [7, 11) is 0. The number of carbonyl (C=O) groups is 2. The van der Waals surface area contributed by atoms with E-state index in [1.54, 1.807) is 6.07 Å². The number of nitrogens with zero attached hydrogens (tertiary/aromatic N) is 1. The van der Waals surface area contributed by atoms with Crippen LogP contribution in [0.2, 0.25) is 0 Å². The molecule has 1 aliphatic heterocycles. The average molecular weight is 329 g/mol. The van der Waals surface area contributed by atoms with Crippen LogP contribution in [0.4, 0.5) is 14.9 Å². The average Bonchev–Trinajstić information content (AvgIpc) is 2.62. The first-order valence-corrected chi connectivity index (χ1v) is 6.84. The molecule has 1 aromatic carbocycles. The monoisotopic (exact) mass is 328 g/mol. The molecule has 3 amide bonds. The van der Waals surface area contributed by atoms with E-state index >= 15 is 0 Å². The Hall–Kier alpha value is -1.43. The second-order valence-corrected chi connectivity index (χ2v) is 5.53. The molecule has 102 valence electrons. The molecule has 1 heterocycles. The minimum absolute atomic E-state index is 0.0402. The number of anilines is 1. The van der Waals surface area contributed by atoms with Crippen LogP contribution in [0.5, 0.6) is 0 Å². The molecule has 2 unspecified atom stereocenters. The Morgan fingerprint density at radius 3 is 2.68 bits per heavy atom. The minimum Gasteiger partial charge on any atom is -0.325 e. The van der Waals surface area contributed by atoms with Crippen molar-refractivity contribution in [3.05, 3.63) is 28.5 Å². The predicted molar refractivity (Wildman–Crippen MR) is 73.4 cm³/mol. The van der Waals surface area contributed by atoms with E-state index in [0.717, 1.165) is 11.3 Å². The Morgan fingerprint density at radius 1 is 1.42 bits per heavy atom. The summed E-state index contributed by atoms with van der Waals surface area (Å²) in [5.74, 6) is -0.799. The third kappa shape index (κ3) is 2.63. The Kier molecular flexibility index (Phi) is 3.89. The summed E-state index contributed by atoms with van der Waals surface area (Å²) in [5, 5.41) is 2.64. The van der Waals surface area contributed by atoms with E-state index in [2.05, 4.69) is 21.2 Å². The quantitative estimate of drug-likeness (QED) is 0.867. The molecule has 1 aromatic rings. The number of rotatable bonds is 3. The predicted octanol–water partition coefficient (Wildman–Crippen LogP) is 3.06. The number of halogens is 2. The highest BCUT2D eigenvalue weighted by atomic mass is 79.9. The molecule has 1 aliphatic rings. The fourth-order valence-corrected chi connectivity index (χ4v) is 2.49. The molecule has 0 radical (unpaired) electrons. The molecule has 0 spiro atoms. The first kappa shape index (κ1) is 14.0. The molecule has 1 fully saturated rings. The maximum absolute atomic E-state index is 13.4. The zero-order valence-electron chi connectivity index (χ0n) is 10.6. The van der Waals surface area contributed by atoms with E-state index in [0.29, 0.717) is 4.47 Å². The molecule has 0 aliphatic carbocycles. The third-order valence-electron chi connectivity index (χ3n) is 3.29. The summed E-state index contributed by atoms with van der Waals surface area (Å²) in [4.78, 5) is 25.1. The third-order valence-corrected chi connectivity index (χ3v) is 3.74. The Bertz CT molecular complexity index is 515. The molecule has 4 nitrogen and oxygen atoms in total. The van der Waals surface area contributed by atoms with E-state index in [1.807, 2.05) is 13.8 Å². The molecule has 6 heteroatoms. The van der Waals surface area contributed by atoms with Gasteiger partial charge in [0.15, 0.2) is 0 Å². The first-order valence-electron chi connectivity index (χ1n) is 6.04. The van der Waals surface area contributed by atoms with E-state index in [4.69, 9.17) is 0 Å². The highest BCUT2D eigenvalue weighted by molar-refractivity contribution is 9.10. The van der Waals surface area contributed by atoms with Crippen molar-refractivity contribution in [2.75, 3.05) is 4.90 Å².